The van der Waals surface area contributed by atoms with Crippen molar-refractivity contribution in [2.45, 2.75) is 13.8 Å². The number of hydrogen-bond donors (Lipinski definition) is 2. The van der Waals surface area contributed by atoms with E-state index in [-0.39, 0.29) is 19.5 Å². The summed E-state index contributed by atoms with van der Waals surface area (Å²) < 4.78 is 3.60. The monoisotopic (exact) mass is 510 g/mol. The van der Waals surface area contributed by atoms with Crippen LogP contribution in [-0.2, 0) is 19.5 Å². The van der Waals surface area contributed by atoms with Crippen LogP contribution in [0.15, 0.2) is 85.2 Å². The summed E-state index contributed by atoms with van der Waals surface area (Å²) in [5.41, 5.74) is 3.69. The van der Waals surface area contributed by atoms with Gasteiger partial charge in [0.05, 0.1) is 12.4 Å². The largest absolute Gasteiger partial charge is 2.00 e. The molecule has 0 atom stereocenters. The van der Waals surface area contributed by atoms with Gasteiger partial charge in [0.15, 0.2) is 0 Å². The minimum atomic E-state index is 0. The van der Waals surface area contributed by atoms with Crippen LogP contribution in [0.2, 0.25) is 0 Å². The van der Waals surface area contributed by atoms with Crippen molar-refractivity contribution < 1.29 is 38.8 Å². The van der Waals surface area contributed by atoms with E-state index in [4.69, 9.17) is 0 Å². The summed E-state index contributed by atoms with van der Waals surface area (Å²) in [7, 11) is 7.95. The molecule has 6 aromatic rings. The molecule has 2 aromatic heterocycles. The molecule has 2 heterocycles. The van der Waals surface area contributed by atoms with Crippen LogP contribution in [0, 0.1) is 27.9 Å². The molecule has 0 bridgehead atoms. The van der Waals surface area contributed by atoms with Gasteiger partial charge in [-0.25, -0.2) is 0 Å². The zero-order chi connectivity index (χ0) is 24.0. The molecule has 5 heteroatoms. The van der Waals surface area contributed by atoms with Crippen LogP contribution < -0.4 is 9.13 Å². The van der Waals surface area contributed by atoms with E-state index in [1.165, 1.54) is 0 Å². The van der Waals surface area contributed by atoms with E-state index >= 15 is 0 Å². The summed E-state index contributed by atoms with van der Waals surface area (Å²) in [4.78, 5) is 0. The van der Waals surface area contributed by atoms with E-state index in [1.807, 2.05) is 99.0 Å². The van der Waals surface area contributed by atoms with Crippen molar-refractivity contribution in [2.24, 2.45) is 0 Å². The number of nitrogens with zero attached hydrogens (tertiary/aromatic N) is 2. The van der Waals surface area contributed by atoms with Crippen LogP contribution >= 0.6 is 0 Å². The number of fused-ring (bicyclic) bond motifs is 6. The van der Waals surface area contributed by atoms with Gasteiger partial charge in [-0.05, 0) is 46.5 Å². The van der Waals surface area contributed by atoms with Crippen LogP contribution in [0.1, 0.15) is 11.1 Å². The summed E-state index contributed by atoms with van der Waals surface area (Å²) in [5.74, 6) is 0.688. The molecule has 35 heavy (non-hydrogen) atoms. The third kappa shape index (κ3) is 4.13. The van der Waals surface area contributed by atoms with E-state index in [0.717, 1.165) is 54.5 Å². The molecule has 0 aliphatic rings. The summed E-state index contributed by atoms with van der Waals surface area (Å²) >= 11 is 0. The SMILES string of the molecule is [CH2-][n+]1cccc2ccc3ccc(C)c(O)c3c21.[CH2-][n+]1cccc2ccc3ccc(C)c(O)c3c21.[Zn+2]. The van der Waals surface area contributed by atoms with Crippen LogP contribution in [-0.4, -0.2) is 10.2 Å². The maximum absolute atomic E-state index is 10.2. The number of phenols is 2. The Labute approximate surface area is 217 Å². The zero-order valence-electron chi connectivity index (χ0n) is 20.0. The number of aryl methyl sites for hydroxylation is 2. The first-order chi connectivity index (χ1) is 16.4. The Hall–Kier alpha value is -3.82. The molecule has 6 rings (SSSR count). The smallest absolute Gasteiger partial charge is 0.508 e. The maximum atomic E-state index is 10.2. The van der Waals surface area contributed by atoms with Gasteiger partial charge in [-0.2, -0.15) is 0 Å². The van der Waals surface area contributed by atoms with Gasteiger partial charge >= 0.3 is 19.5 Å². The molecule has 0 radical (unpaired) electrons. The van der Waals surface area contributed by atoms with Gasteiger partial charge in [0.2, 0.25) is 0 Å². The first-order valence-electron chi connectivity index (χ1n) is 11.1. The number of aromatic nitrogens is 2. The fourth-order valence-electron chi connectivity index (χ4n) is 4.54. The van der Waals surface area contributed by atoms with Gasteiger partial charge in [0, 0.05) is 24.9 Å². The maximum Gasteiger partial charge on any atom is 2.00 e. The number of benzene rings is 4. The van der Waals surface area contributed by atoms with E-state index in [2.05, 4.69) is 14.1 Å². The van der Waals surface area contributed by atoms with E-state index in [1.54, 1.807) is 9.13 Å². The fourth-order valence-corrected chi connectivity index (χ4v) is 4.54. The number of phenolic OH excluding ortho intramolecular Hbond substituents is 2. The fraction of sp³-hybridized carbons (Fsp3) is 0.0667. The molecule has 0 aliphatic carbocycles. The van der Waals surface area contributed by atoms with Gasteiger partial charge in [-0.3, -0.25) is 0 Å². The Morgan fingerprint density at radius 1 is 0.543 bits per heavy atom. The van der Waals surface area contributed by atoms with Crippen molar-refractivity contribution in [1.29, 1.82) is 0 Å². The summed E-state index contributed by atoms with van der Waals surface area (Å²) in [6, 6.07) is 24.0. The first kappa shape index (κ1) is 24.3. The molecule has 4 nitrogen and oxygen atoms in total. The van der Waals surface area contributed by atoms with Crippen LogP contribution in [0.5, 0.6) is 11.5 Å². The van der Waals surface area contributed by atoms with Crippen molar-refractivity contribution >= 4 is 43.4 Å². The third-order valence-corrected chi connectivity index (χ3v) is 6.39. The van der Waals surface area contributed by atoms with E-state index in [0.29, 0.717) is 11.5 Å². The Morgan fingerprint density at radius 3 is 1.29 bits per heavy atom. The number of pyridine rings is 2. The van der Waals surface area contributed by atoms with Crippen LogP contribution in [0.25, 0.3) is 43.4 Å². The quantitative estimate of drug-likeness (QED) is 0.116. The van der Waals surface area contributed by atoms with Crippen molar-refractivity contribution in [3.8, 4) is 11.5 Å². The Morgan fingerprint density at radius 2 is 0.886 bits per heavy atom. The molecule has 0 aliphatic heterocycles. The normalized spacial score (nSPS) is 10.8. The molecule has 0 fully saturated rings. The van der Waals surface area contributed by atoms with Crippen molar-refractivity contribution in [3.63, 3.8) is 0 Å². The Balaban J connectivity index is 0.000000160. The van der Waals surface area contributed by atoms with Gasteiger partial charge in [0.25, 0.3) is 0 Å². The average molecular weight is 512 g/mol. The van der Waals surface area contributed by atoms with Gasteiger partial charge in [0.1, 0.15) is 22.5 Å². The molecule has 0 saturated heterocycles. The molecular formula is C30H26N2O2Zn+2. The van der Waals surface area contributed by atoms with Gasteiger partial charge < -0.3 is 19.3 Å². The summed E-state index contributed by atoms with van der Waals surface area (Å²) in [6.45, 7) is 3.81. The number of hydrogen-bond acceptors (Lipinski definition) is 2. The minimum Gasteiger partial charge on any atom is -0.508 e. The van der Waals surface area contributed by atoms with Gasteiger partial charge in [-0.1, -0.05) is 72.8 Å². The minimum absolute atomic E-state index is 0. The predicted molar refractivity (Wildman–Crippen MR) is 138 cm³/mol. The molecule has 0 amide bonds. The third-order valence-electron chi connectivity index (χ3n) is 6.39. The molecule has 168 valence electrons. The van der Waals surface area contributed by atoms with Gasteiger partial charge in [-0.15, -0.1) is 0 Å². The van der Waals surface area contributed by atoms with Crippen molar-refractivity contribution in [2.75, 3.05) is 0 Å². The topological polar surface area (TPSA) is 48.2 Å². The average Bonchev–Trinajstić information content (AvgIpc) is 2.84. The zero-order valence-corrected chi connectivity index (χ0v) is 23.0. The second-order valence-corrected chi connectivity index (χ2v) is 8.62. The standard InChI is InChI=1S/2C15H13NO.Zn/c2*1-10-5-6-11-7-8-12-4-3-9-16(2)14(12)13(11)15(10)17;/h2*3-9,17H,2H2,1H3;/q;;+2. The molecule has 4 aromatic carbocycles. The van der Waals surface area contributed by atoms with Crippen molar-refractivity contribution in [1.82, 2.24) is 0 Å². The predicted octanol–water partition coefficient (Wildman–Crippen LogP) is 5.87. The summed E-state index contributed by atoms with van der Waals surface area (Å²) in [5, 5.41) is 26.4. The number of aromatic hydroxyl groups is 2. The Kier molecular flexibility index (Phi) is 6.56. The van der Waals surface area contributed by atoms with E-state index in [9.17, 15) is 10.2 Å². The Bertz CT molecular complexity index is 1600. The van der Waals surface area contributed by atoms with Crippen molar-refractivity contribution in [3.05, 3.63) is 110 Å². The first-order valence-corrected chi connectivity index (χ1v) is 11.1. The molecular weight excluding hydrogens is 486 g/mol. The second kappa shape index (κ2) is 9.44. The van der Waals surface area contributed by atoms with Crippen LogP contribution in [0.3, 0.4) is 0 Å². The van der Waals surface area contributed by atoms with Crippen LogP contribution in [0.4, 0.5) is 0 Å². The molecule has 2 N–H and O–H groups in total. The molecule has 0 saturated carbocycles. The molecule has 0 unspecified atom stereocenters. The number of rotatable bonds is 0. The second-order valence-electron chi connectivity index (χ2n) is 8.62. The summed E-state index contributed by atoms with van der Waals surface area (Å²) in [6.07, 6.45) is 3.78. The molecule has 0 spiro atoms. The van der Waals surface area contributed by atoms with E-state index < -0.39 is 0 Å².